The SMILES string of the molecule is CC(C)(C)OC(=O)N1CCn2ncc(I)c2C1.CC(C)(C)OC(=O)N1CCn2ncc(N3CCC(C#N)C3)c2C1.Cl.N#CC1CCCC1.N#CC1CCN(c2cnn3c2CN(C(=O)Nc2ccc(F)c(Cl)c2)CC3)C1.O=C(Nc1ccc(F)c(Cl)c1)Oc1ccccc1. The molecule has 2 N–H and O–H groups in total. The summed E-state index contributed by atoms with van der Waals surface area (Å²) >= 11 is 13.6. The average molecular weight is 1450 g/mol. The van der Waals surface area contributed by atoms with Gasteiger partial charge in [0.25, 0.3) is 0 Å². The van der Waals surface area contributed by atoms with Crippen molar-refractivity contribution in [2.24, 2.45) is 17.8 Å². The summed E-state index contributed by atoms with van der Waals surface area (Å²) in [5.74, 6) is -0.132. The second-order valence-corrected chi connectivity index (χ2v) is 26.5. The molecule has 1 saturated carbocycles. The van der Waals surface area contributed by atoms with Gasteiger partial charge in [-0.25, -0.2) is 28.0 Å². The number of carbonyl (C=O) groups is 4. The first kappa shape index (κ1) is 72.3. The number of hydrogen-bond acceptors (Lipinski definition) is 15. The minimum absolute atomic E-state index is 0. The first-order chi connectivity index (χ1) is 43.9. The minimum atomic E-state index is -0.663. The molecule has 12 rings (SSSR count). The molecule has 0 radical (unpaired) electrons. The molecule has 496 valence electrons. The number of aromatic nitrogens is 6. The number of benzene rings is 3. The van der Waals surface area contributed by atoms with Crippen LogP contribution in [0, 0.1) is 67.0 Å². The highest BCUT2D eigenvalue weighted by Gasteiger charge is 2.34. The van der Waals surface area contributed by atoms with Crippen LogP contribution in [0.1, 0.15) is 97.1 Å². The largest absolute Gasteiger partial charge is 0.444 e. The van der Waals surface area contributed by atoms with Gasteiger partial charge in [0, 0.05) is 63.1 Å². The van der Waals surface area contributed by atoms with Crippen LogP contribution in [0.3, 0.4) is 0 Å². The molecule has 3 fully saturated rings. The fourth-order valence-electron chi connectivity index (χ4n) is 10.7. The summed E-state index contributed by atoms with van der Waals surface area (Å²) in [5.41, 5.74) is 4.97. The number of nitriles is 3. The zero-order valence-electron chi connectivity index (χ0n) is 52.7. The lowest BCUT2D eigenvalue weighted by atomic mass is 10.1. The number of hydrogen-bond donors (Lipinski definition) is 2. The molecule has 5 aliphatic heterocycles. The van der Waals surface area contributed by atoms with Gasteiger partial charge < -0.3 is 44.0 Å². The number of amides is 5. The summed E-state index contributed by atoms with van der Waals surface area (Å²) in [6.07, 6.45) is 10.9. The van der Waals surface area contributed by atoms with E-state index in [2.05, 4.69) is 76.5 Å². The number of para-hydroxylation sites is 1. The quantitative estimate of drug-likeness (QED) is 0.152. The first-order valence-electron chi connectivity index (χ1n) is 30.3. The van der Waals surface area contributed by atoms with Crippen LogP contribution < -0.4 is 25.2 Å². The normalized spacial score (nSPS) is 17.1. The monoisotopic (exact) mass is 1450 g/mol. The molecular weight excluding hydrogens is 1380 g/mol. The van der Waals surface area contributed by atoms with Crippen LogP contribution in [0.15, 0.2) is 85.3 Å². The lowest BCUT2D eigenvalue weighted by Gasteiger charge is -2.31. The summed E-state index contributed by atoms with van der Waals surface area (Å²) in [4.78, 5) is 57.9. The van der Waals surface area contributed by atoms with E-state index in [-0.39, 0.29) is 52.5 Å². The number of fused-ring (bicyclic) bond motifs is 3. The number of halogens is 6. The maximum atomic E-state index is 13.3. The van der Waals surface area contributed by atoms with E-state index in [0.717, 1.165) is 83.9 Å². The number of rotatable bonds is 5. The molecule has 29 heteroatoms. The van der Waals surface area contributed by atoms with Crippen LogP contribution in [0.25, 0.3) is 0 Å². The highest BCUT2D eigenvalue weighted by Crippen LogP contribution is 2.33. The molecule has 0 bridgehead atoms. The molecule has 1 aliphatic carbocycles. The smallest absolute Gasteiger partial charge is 0.417 e. The maximum Gasteiger partial charge on any atom is 0.417 e. The first-order valence-corrected chi connectivity index (χ1v) is 32.1. The predicted octanol–water partition coefficient (Wildman–Crippen LogP) is 13.5. The second-order valence-electron chi connectivity index (χ2n) is 24.5. The number of urea groups is 1. The Hall–Kier alpha value is -8.10. The number of anilines is 4. The molecule has 2 unspecified atom stereocenters. The van der Waals surface area contributed by atoms with Crippen LogP contribution >= 0.6 is 58.2 Å². The van der Waals surface area contributed by atoms with Crippen molar-refractivity contribution in [1.82, 2.24) is 44.0 Å². The Labute approximate surface area is 569 Å². The summed E-state index contributed by atoms with van der Waals surface area (Å²) in [7, 11) is 0. The van der Waals surface area contributed by atoms with Gasteiger partial charge in [0.2, 0.25) is 0 Å². The van der Waals surface area contributed by atoms with Gasteiger partial charge in [-0.1, -0.05) is 54.2 Å². The van der Waals surface area contributed by atoms with Crippen molar-refractivity contribution in [3.63, 3.8) is 0 Å². The van der Waals surface area contributed by atoms with Crippen molar-refractivity contribution in [2.75, 3.05) is 66.2 Å². The highest BCUT2D eigenvalue weighted by molar-refractivity contribution is 14.1. The number of carbonyl (C=O) groups excluding carboxylic acids is 4. The molecule has 5 amide bonds. The number of ether oxygens (including phenoxy) is 3. The maximum absolute atomic E-state index is 13.3. The third-order valence-electron chi connectivity index (χ3n) is 15.4. The molecule has 8 heterocycles. The molecule has 3 aromatic heterocycles. The Balaban J connectivity index is 0.000000171. The van der Waals surface area contributed by atoms with E-state index in [4.69, 9.17) is 53.2 Å². The zero-order chi connectivity index (χ0) is 66.3. The van der Waals surface area contributed by atoms with Crippen molar-refractivity contribution in [1.29, 1.82) is 15.8 Å². The van der Waals surface area contributed by atoms with E-state index in [1.807, 2.05) is 80.2 Å². The molecular formula is C64H76Cl3F2IN16O7. The van der Waals surface area contributed by atoms with Crippen molar-refractivity contribution < 1.29 is 42.2 Å². The third kappa shape index (κ3) is 20.7. The number of nitrogens with one attached hydrogen (secondary N) is 2. The number of nitrogens with zero attached hydrogens (tertiary/aromatic N) is 14. The van der Waals surface area contributed by atoms with E-state index in [1.165, 1.54) is 49.2 Å². The molecule has 6 aliphatic rings. The molecule has 93 heavy (non-hydrogen) atoms. The van der Waals surface area contributed by atoms with E-state index in [0.29, 0.717) is 81.9 Å². The van der Waals surface area contributed by atoms with Gasteiger partial charge >= 0.3 is 24.3 Å². The van der Waals surface area contributed by atoms with E-state index in [9.17, 15) is 28.0 Å². The Bertz CT molecular complexity index is 3680. The van der Waals surface area contributed by atoms with Gasteiger partial charge in [-0.15, -0.1) is 12.4 Å². The lowest BCUT2D eigenvalue weighted by Crippen LogP contribution is -2.42. The predicted molar refractivity (Wildman–Crippen MR) is 358 cm³/mol. The summed E-state index contributed by atoms with van der Waals surface area (Å²) in [5, 5.41) is 44.7. The fourth-order valence-corrected chi connectivity index (χ4v) is 11.6. The molecule has 2 atom stereocenters. The van der Waals surface area contributed by atoms with Gasteiger partial charge in [0.15, 0.2) is 0 Å². The molecule has 0 spiro atoms. The van der Waals surface area contributed by atoms with Crippen molar-refractivity contribution in [3.05, 3.63) is 128 Å². The van der Waals surface area contributed by atoms with Gasteiger partial charge in [-0.3, -0.25) is 19.4 Å². The fraction of sp³-hybridized carbons (Fsp3) is 0.469. The topological polar surface area (TPSA) is 261 Å². The molecule has 3 aromatic carbocycles. The Morgan fingerprint density at radius 1 is 0.570 bits per heavy atom. The average Bonchev–Trinajstić information content (AvgIpc) is 1.72. The van der Waals surface area contributed by atoms with Gasteiger partial charge in [-0.05, 0) is 138 Å². The Morgan fingerprint density at radius 3 is 1.44 bits per heavy atom. The minimum Gasteiger partial charge on any atom is -0.444 e. The van der Waals surface area contributed by atoms with Crippen molar-refractivity contribution in [2.45, 2.75) is 131 Å². The Kier molecular flexibility index (Phi) is 25.8. The summed E-state index contributed by atoms with van der Waals surface area (Å²) in [6, 6.07) is 23.2. The lowest BCUT2D eigenvalue weighted by molar-refractivity contribution is 0.0184. The molecule has 6 aromatic rings. The van der Waals surface area contributed by atoms with Gasteiger partial charge in [-0.2, -0.15) is 31.1 Å². The standard InChI is InChI=1S/C18H18ClFN6O.C16H23N5O2.C13H9ClFNO2.C11H16IN3O2.C6H9N.ClH/c19-14-7-13(1-2-15(14)20)23-18(27)25-5-6-26-17(11-25)16(9-22-26)24-4-3-12(8-21)10-24;1-16(2,3)23-15(22)20-6-7-21-14(11-20)13(9-18-21)19-5-4-12(8-17)10-19;14-11-8-9(6-7-12(11)15)16-13(17)18-10-4-2-1-3-5-10;1-11(2,3)17-10(16)14-4-5-15-9(7-14)8(12)6-13-15;7-5-6-3-1-2-4-6;/h1-2,7,9,12H,3-6,10-11H2,(H,23,27);9,12H,4-7,10-11H2,1-3H3;1-8H,(H,16,17);6H,4-5,7H2,1-3H3;6H,1-4H2;1H. The van der Waals surface area contributed by atoms with Crippen LogP contribution in [0.4, 0.5) is 50.7 Å². The van der Waals surface area contributed by atoms with Gasteiger partial charge in [0.05, 0.1) is 130 Å². The van der Waals surface area contributed by atoms with Crippen LogP contribution in [0.2, 0.25) is 10.0 Å². The third-order valence-corrected chi connectivity index (χ3v) is 16.8. The zero-order valence-corrected chi connectivity index (χ0v) is 57.2. The molecule has 23 nitrogen and oxygen atoms in total. The Morgan fingerprint density at radius 2 is 1.00 bits per heavy atom. The van der Waals surface area contributed by atoms with E-state index in [1.54, 1.807) is 39.0 Å². The van der Waals surface area contributed by atoms with E-state index < -0.39 is 28.9 Å². The van der Waals surface area contributed by atoms with Gasteiger partial charge in [0.1, 0.15) is 28.6 Å². The molecule has 2 saturated heterocycles. The van der Waals surface area contributed by atoms with Crippen molar-refractivity contribution in [3.8, 4) is 24.0 Å². The van der Waals surface area contributed by atoms with Crippen LogP contribution in [0.5, 0.6) is 5.75 Å². The van der Waals surface area contributed by atoms with Crippen LogP contribution in [-0.4, -0.2) is 125 Å². The summed E-state index contributed by atoms with van der Waals surface area (Å²) < 4.78 is 48.9. The summed E-state index contributed by atoms with van der Waals surface area (Å²) in [6.45, 7) is 19.6. The highest BCUT2D eigenvalue weighted by atomic mass is 127. The second kappa shape index (κ2) is 33.1. The van der Waals surface area contributed by atoms with E-state index >= 15 is 0 Å². The van der Waals surface area contributed by atoms with Crippen LogP contribution in [-0.2, 0) is 48.7 Å². The van der Waals surface area contributed by atoms with Crippen molar-refractivity contribution >= 4 is 105 Å².